The largest absolute Gasteiger partial charge is 0.382 e. The fourth-order valence-electron chi connectivity index (χ4n) is 6.23. The molecule has 0 radical (unpaired) electrons. The molecule has 1 amide bonds. The molecule has 30 heavy (non-hydrogen) atoms. The van der Waals surface area contributed by atoms with Crippen molar-refractivity contribution in [3.05, 3.63) is 41.6 Å². The number of aromatic nitrogens is 2. The van der Waals surface area contributed by atoms with E-state index in [4.69, 9.17) is 11.0 Å². The van der Waals surface area contributed by atoms with Crippen LogP contribution in [0.3, 0.4) is 0 Å². The summed E-state index contributed by atoms with van der Waals surface area (Å²) in [5, 5.41) is 12.2. The second-order valence-corrected chi connectivity index (χ2v) is 10.1. The maximum Gasteiger partial charge on any atom is 0.234 e. The minimum absolute atomic E-state index is 0.117. The molecule has 3 N–H and O–H groups in total. The van der Waals surface area contributed by atoms with Gasteiger partial charge in [0.05, 0.1) is 11.9 Å². The van der Waals surface area contributed by atoms with Gasteiger partial charge in [-0.05, 0) is 79.4 Å². The molecule has 1 aromatic carbocycles. The van der Waals surface area contributed by atoms with Crippen LogP contribution in [0.25, 0.3) is 0 Å². The highest BCUT2D eigenvalue weighted by molar-refractivity contribution is 7.99. The second-order valence-electron chi connectivity index (χ2n) is 9.18. The number of nitriles is 1. The third kappa shape index (κ3) is 3.65. The summed E-state index contributed by atoms with van der Waals surface area (Å²) >= 11 is 1.20. The van der Waals surface area contributed by atoms with Crippen molar-refractivity contribution in [1.29, 1.82) is 5.26 Å². The fraction of sp³-hybridized carbons (Fsp3) is 0.478. The van der Waals surface area contributed by atoms with Crippen LogP contribution in [-0.2, 0) is 10.2 Å². The van der Waals surface area contributed by atoms with Crippen LogP contribution in [0.1, 0.15) is 49.7 Å². The molecule has 2 aromatic rings. The number of thioether (sulfide) groups is 1. The van der Waals surface area contributed by atoms with E-state index < -0.39 is 0 Å². The summed E-state index contributed by atoms with van der Waals surface area (Å²) in [6.45, 7) is 0. The molecule has 4 aliphatic carbocycles. The first-order chi connectivity index (χ1) is 14.5. The summed E-state index contributed by atoms with van der Waals surface area (Å²) in [4.78, 5) is 20.4. The monoisotopic (exact) mass is 419 g/mol. The molecule has 4 aliphatic rings. The molecule has 6 nitrogen and oxygen atoms in total. The van der Waals surface area contributed by atoms with E-state index in [1.165, 1.54) is 62.0 Å². The van der Waals surface area contributed by atoms with Gasteiger partial charge in [-0.2, -0.15) is 5.26 Å². The van der Waals surface area contributed by atoms with Crippen LogP contribution in [-0.4, -0.2) is 21.6 Å². The zero-order valence-corrected chi connectivity index (χ0v) is 17.6. The first-order valence-electron chi connectivity index (χ1n) is 10.6. The van der Waals surface area contributed by atoms with Gasteiger partial charge in [-0.3, -0.25) is 4.79 Å². The highest BCUT2D eigenvalue weighted by Gasteiger charge is 2.51. The van der Waals surface area contributed by atoms with Crippen molar-refractivity contribution in [2.45, 2.75) is 49.1 Å². The predicted molar refractivity (Wildman–Crippen MR) is 117 cm³/mol. The van der Waals surface area contributed by atoms with Crippen LogP contribution < -0.4 is 11.1 Å². The molecule has 0 saturated heterocycles. The van der Waals surface area contributed by atoms with Gasteiger partial charge in [0.25, 0.3) is 0 Å². The molecule has 0 atom stereocenters. The Morgan fingerprint density at radius 1 is 1.17 bits per heavy atom. The molecule has 4 fully saturated rings. The third-order valence-electron chi connectivity index (χ3n) is 7.07. The summed E-state index contributed by atoms with van der Waals surface area (Å²) in [6, 6.07) is 10.4. The lowest BCUT2D eigenvalue weighted by Gasteiger charge is -2.57. The number of nitrogen functional groups attached to an aromatic ring is 1. The van der Waals surface area contributed by atoms with E-state index in [9.17, 15) is 4.79 Å². The van der Waals surface area contributed by atoms with Crippen LogP contribution >= 0.6 is 11.8 Å². The normalized spacial score (nSPS) is 28.8. The van der Waals surface area contributed by atoms with Crippen molar-refractivity contribution < 1.29 is 4.79 Å². The zero-order chi connectivity index (χ0) is 20.7. The number of nitrogens with one attached hydrogen (secondary N) is 1. The first-order valence-corrected chi connectivity index (χ1v) is 11.6. The number of benzene rings is 1. The number of anilines is 2. The van der Waals surface area contributed by atoms with E-state index in [0.717, 1.165) is 23.4 Å². The van der Waals surface area contributed by atoms with Gasteiger partial charge in [-0.1, -0.05) is 23.9 Å². The minimum atomic E-state index is -0.117. The standard InChI is InChI=1S/C23H25N5OS/c24-11-17-12-26-22(28-21(17)25)30-13-20(29)27-19-3-1-18(2-4-19)23-8-14-5-15(9-23)7-16(6-14)10-23/h1-4,12,14-16H,5-10,13H2,(H,27,29)(H2,25,26,28). The van der Waals surface area contributed by atoms with Crippen molar-refractivity contribution in [2.75, 3.05) is 16.8 Å². The smallest absolute Gasteiger partial charge is 0.234 e. The van der Waals surface area contributed by atoms with Crippen LogP contribution in [0.2, 0.25) is 0 Å². The van der Waals surface area contributed by atoms with Crippen LogP contribution in [0, 0.1) is 29.1 Å². The molecule has 7 heteroatoms. The molecule has 154 valence electrons. The SMILES string of the molecule is N#Cc1cnc(SCC(=O)Nc2ccc(C34CC5CC(CC(C5)C3)C4)cc2)nc1N. The van der Waals surface area contributed by atoms with Gasteiger partial charge in [-0.15, -0.1) is 0 Å². The van der Waals surface area contributed by atoms with Gasteiger partial charge >= 0.3 is 0 Å². The van der Waals surface area contributed by atoms with Crippen LogP contribution in [0.4, 0.5) is 11.5 Å². The predicted octanol–water partition coefficient (Wildman–Crippen LogP) is 4.13. The van der Waals surface area contributed by atoms with Crippen LogP contribution in [0.5, 0.6) is 0 Å². The average Bonchev–Trinajstić information content (AvgIpc) is 2.72. The fourth-order valence-corrected chi connectivity index (χ4v) is 6.85. The molecule has 4 saturated carbocycles. The lowest BCUT2D eigenvalue weighted by atomic mass is 9.48. The molecule has 1 heterocycles. The Kier molecular flexibility index (Phi) is 4.90. The van der Waals surface area contributed by atoms with E-state index in [2.05, 4.69) is 27.4 Å². The molecular weight excluding hydrogens is 394 g/mol. The topological polar surface area (TPSA) is 105 Å². The number of carbonyl (C=O) groups is 1. The Labute approximate surface area is 180 Å². The summed E-state index contributed by atoms with van der Waals surface area (Å²) < 4.78 is 0. The Morgan fingerprint density at radius 3 is 2.37 bits per heavy atom. The van der Waals surface area contributed by atoms with E-state index in [0.29, 0.717) is 10.6 Å². The number of carbonyl (C=O) groups excluding carboxylic acids is 1. The highest BCUT2D eigenvalue weighted by Crippen LogP contribution is 2.60. The first kappa shape index (κ1) is 19.4. The summed E-state index contributed by atoms with van der Waals surface area (Å²) in [7, 11) is 0. The average molecular weight is 420 g/mol. The molecule has 1 aromatic heterocycles. The van der Waals surface area contributed by atoms with Gasteiger partial charge in [0.15, 0.2) is 5.16 Å². The quantitative estimate of drug-likeness (QED) is 0.558. The lowest BCUT2D eigenvalue weighted by molar-refractivity contribution is -0.113. The number of amides is 1. The summed E-state index contributed by atoms with van der Waals surface area (Å²) in [6.07, 6.45) is 9.74. The molecule has 0 aliphatic heterocycles. The lowest BCUT2D eigenvalue weighted by Crippen LogP contribution is -2.48. The summed E-state index contributed by atoms with van der Waals surface area (Å²) in [5.74, 6) is 2.97. The van der Waals surface area contributed by atoms with Gasteiger partial charge in [0, 0.05) is 5.69 Å². The molecule has 0 spiro atoms. The maximum atomic E-state index is 12.3. The minimum Gasteiger partial charge on any atom is -0.382 e. The van der Waals surface area contributed by atoms with E-state index >= 15 is 0 Å². The Hall–Kier alpha value is -2.59. The van der Waals surface area contributed by atoms with Crippen LogP contribution in [0.15, 0.2) is 35.6 Å². The van der Waals surface area contributed by atoms with E-state index in [1.54, 1.807) is 0 Å². The number of rotatable bonds is 5. The molecule has 4 bridgehead atoms. The highest BCUT2D eigenvalue weighted by atomic mass is 32.2. The Morgan fingerprint density at radius 2 is 1.80 bits per heavy atom. The second kappa shape index (κ2) is 7.59. The van der Waals surface area contributed by atoms with E-state index in [1.807, 2.05) is 18.2 Å². The number of nitrogens with two attached hydrogens (primary N) is 1. The molecular formula is C23H25N5OS. The number of nitrogens with zero attached hydrogens (tertiary/aromatic N) is 3. The molecule has 0 unspecified atom stereocenters. The van der Waals surface area contributed by atoms with Gasteiger partial charge < -0.3 is 11.1 Å². The van der Waals surface area contributed by atoms with Crippen molar-refractivity contribution in [3.8, 4) is 6.07 Å². The van der Waals surface area contributed by atoms with Crippen molar-refractivity contribution in [1.82, 2.24) is 9.97 Å². The Balaban J connectivity index is 1.20. The van der Waals surface area contributed by atoms with Gasteiger partial charge in [0.2, 0.25) is 5.91 Å². The number of hydrogen-bond donors (Lipinski definition) is 2. The van der Waals surface area contributed by atoms with Crippen molar-refractivity contribution >= 4 is 29.2 Å². The van der Waals surface area contributed by atoms with Gasteiger partial charge in [0.1, 0.15) is 17.5 Å². The van der Waals surface area contributed by atoms with Crippen molar-refractivity contribution in [2.24, 2.45) is 17.8 Å². The molecule has 6 rings (SSSR count). The van der Waals surface area contributed by atoms with Gasteiger partial charge in [-0.25, -0.2) is 9.97 Å². The number of hydrogen-bond acceptors (Lipinski definition) is 6. The zero-order valence-electron chi connectivity index (χ0n) is 16.8. The summed E-state index contributed by atoms with van der Waals surface area (Å²) in [5.41, 5.74) is 8.58. The maximum absolute atomic E-state index is 12.3. The van der Waals surface area contributed by atoms with E-state index in [-0.39, 0.29) is 23.0 Å². The van der Waals surface area contributed by atoms with Crippen molar-refractivity contribution in [3.63, 3.8) is 0 Å². The Bertz CT molecular complexity index is 978. The third-order valence-corrected chi connectivity index (χ3v) is 7.93.